The van der Waals surface area contributed by atoms with Gasteiger partial charge in [0.1, 0.15) is 11.4 Å². The lowest BCUT2D eigenvalue weighted by Gasteiger charge is -2.41. The van der Waals surface area contributed by atoms with Gasteiger partial charge in [0.25, 0.3) is 0 Å². The van der Waals surface area contributed by atoms with Crippen LogP contribution in [0.1, 0.15) is 37.3 Å². The number of nitriles is 1. The van der Waals surface area contributed by atoms with Crippen molar-refractivity contribution in [2.45, 2.75) is 38.3 Å². The number of likely N-dealkylation sites (tertiary alicyclic amines) is 1. The van der Waals surface area contributed by atoms with E-state index >= 15 is 0 Å². The van der Waals surface area contributed by atoms with Crippen molar-refractivity contribution < 1.29 is 14.3 Å². The van der Waals surface area contributed by atoms with E-state index in [0.717, 1.165) is 12.8 Å². The molecule has 0 saturated carbocycles. The van der Waals surface area contributed by atoms with Crippen LogP contribution in [0, 0.1) is 17.1 Å². The molecule has 5 heteroatoms. The SMILES string of the molecule is CC1(C(=O)O)CCCCN1Cc1ccc(F)cc1C#N. The van der Waals surface area contributed by atoms with Crippen LogP contribution in [0.2, 0.25) is 0 Å². The maximum atomic E-state index is 13.1. The summed E-state index contributed by atoms with van der Waals surface area (Å²) in [7, 11) is 0. The van der Waals surface area contributed by atoms with Crippen molar-refractivity contribution in [3.8, 4) is 6.07 Å². The first-order valence-corrected chi connectivity index (χ1v) is 6.64. The molecule has 1 saturated heterocycles. The van der Waals surface area contributed by atoms with Gasteiger partial charge >= 0.3 is 5.97 Å². The number of benzene rings is 1. The van der Waals surface area contributed by atoms with Crippen molar-refractivity contribution in [1.82, 2.24) is 4.90 Å². The van der Waals surface area contributed by atoms with Gasteiger partial charge in [-0.1, -0.05) is 6.07 Å². The highest BCUT2D eigenvalue weighted by Gasteiger charge is 2.41. The monoisotopic (exact) mass is 276 g/mol. The molecule has 1 N–H and O–H groups in total. The summed E-state index contributed by atoms with van der Waals surface area (Å²) in [6, 6.07) is 6.02. The number of halogens is 1. The van der Waals surface area contributed by atoms with Gasteiger partial charge in [-0.2, -0.15) is 5.26 Å². The minimum atomic E-state index is -0.917. The zero-order chi connectivity index (χ0) is 14.8. The van der Waals surface area contributed by atoms with Crippen LogP contribution in [0.25, 0.3) is 0 Å². The summed E-state index contributed by atoms with van der Waals surface area (Å²) in [4.78, 5) is 13.4. The first-order chi connectivity index (χ1) is 9.47. The second-order valence-electron chi connectivity index (χ2n) is 5.37. The largest absolute Gasteiger partial charge is 0.480 e. The first-order valence-electron chi connectivity index (χ1n) is 6.64. The van der Waals surface area contributed by atoms with Crippen LogP contribution in [0.5, 0.6) is 0 Å². The second kappa shape index (κ2) is 5.59. The van der Waals surface area contributed by atoms with Gasteiger partial charge < -0.3 is 5.11 Å². The highest BCUT2D eigenvalue weighted by Crippen LogP contribution is 2.30. The van der Waals surface area contributed by atoms with Gasteiger partial charge in [-0.3, -0.25) is 9.69 Å². The van der Waals surface area contributed by atoms with Gasteiger partial charge in [-0.05, 0) is 50.4 Å². The molecule has 1 aromatic rings. The average molecular weight is 276 g/mol. The molecule has 0 radical (unpaired) electrons. The van der Waals surface area contributed by atoms with Gasteiger partial charge in [-0.15, -0.1) is 0 Å². The van der Waals surface area contributed by atoms with Crippen LogP contribution in [0.15, 0.2) is 18.2 Å². The quantitative estimate of drug-likeness (QED) is 0.921. The topological polar surface area (TPSA) is 64.3 Å². The molecule has 1 fully saturated rings. The molecule has 0 aliphatic carbocycles. The summed E-state index contributed by atoms with van der Waals surface area (Å²) < 4.78 is 13.1. The fraction of sp³-hybridized carbons (Fsp3) is 0.467. The summed E-state index contributed by atoms with van der Waals surface area (Å²) in [5, 5.41) is 18.5. The third-order valence-corrected chi connectivity index (χ3v) is 4.05. The number of carbonyl (C=O) groups is 1. The highest BCUT2D eigenvalue weighted by molar-refractivity contribution is 5.78. The van der Waals surface area contributed by atoms with Gasteiger partial charge in [0.2, 0.25) is 0 Å². The minimum Gasteiger partial charge on any atom is -0.480 e. The summed E-state index contributed by atoms with van der Waals surface area (Å²) in [5.74, 6) is -1.30. The zero-order valence-electron chi connectivity index (χ0n) is 11.4. The molecule has 20 heavy (non-hydrogen) atoms. The van der Waals surface area contributed by atoms with E-state index in [0.29, 0.717) is 25.1 Å². The second-order valence-corrected chi connectivity index (χ2v) is 5.37. The van der Waals surface area contributed by atoms with Gasteiger partial charge in [0.15, 0.2) is 0 Å². The number of hydrogen-bond acceptors (Lipinski definition) is 3. The predicted molar refractivity (Wildman–Crippen MR) is 71.4 cm³/mol. The number of piperidine rings is 1. The molecule has 0 spiro atoms. The Bertz CT molecular complexity index is 567. The zero-order valence-corrected chi connectivity index (χ0v) is 11.4. The van der Waals surface area contributed by atoms with E-state index in [1.807, 2.05) is 11.0 Å². The van der Waals surface area contributed by atoms with E-state index in [4.69, 9.17) is 5.26 Å². The molecule has 1 heterocycles. The minimum absolute atomic E-state index is 0.267. The lowest BCUT2D eigenvalue weighted by atomic mass is 9.88. The summed E-state index contributed by atoms with van der Waals surface area (Å²) in [6.45, 7) is 2.74. The Labute approximate surface area is 117 Å². The number of nitrogens with zero attached hydrogens (tertiary/aromatic N) is 2. The lowest BCUT2D eigenvalue weighted by molar-refractivity contribution is -0.153. The normalized spacial score (nSPS) is 23.2. The first kappa shape index (κ1) is 14.5. The number of aliphatic carboxylic acids is 1. The van der Waals surface area contributed by atoms with Crippen LogP contribution in [0.4, 0.5) is 4.39 Å². The molecular weight excluding hydrogens is 259 g/mol. The molecular formula is C15H17FN2O2. The van der Waals surface area contributed by atoms with Crippen molar-refractivity contribution >= 4 is 5.97 Å². The third-order valence-electron chi connectivity index (χ3n) is 4.05. The van der Waals surface area contributed by atoms with Crippen LogP contribution in [-0.2, 0) is 11.3 Å². The van der Waals surface area contributed by atoms with Gasteiger partial charge in [0.05, 0.1) is 11.6 Å². The number of carboxylic acids is 1. The van der Waals surface area contributed by atoms with Crippen LogP contribution >= 0.6 is 0 Å². The molecule has 1 aliphatic rings. The Kier molecular flexibility index (Phi) is 4.05. The lowest BCUT2D eigenvalue weighted by Crippen LogP contribution is -2.54. The smallest absolute Gasteiger partial charge is 0.323 e. The van der Waals surface area contributed by atoms with E-state index in [-0.39, 0.29) is 5.56 Å². The van der Waals surface area contributed by atoms with E-state index in [9.17, 15) is 14.3 Å². The molecule has 1 atom stereocenters. The molecule has 4 nitrogen and oxygen atoms in total. The molecule has 1 aliphatic heterocycles. The van der Waals surface area contributed by atoms with Crippen molar-refractivity contribution in [1.29, 1.82) is 5.26 Å². The van der Waals surface area contributed by atoms with E-state index in [2.05, 4.69) is 0 Å². The Hall–Kier alpha value is -1.93. The molecule has 0 bridgehead atoms. The average Bonchev–Trinajstić information content (AvgIpc) is 2.43. The summed E-state index contributed by atoms with van der Waals surface area (Å²) in [6.07, 6.45) is 2.41. The maximum absolute atomic E-state index is 13.1. The fourth-order valence-corrected chi connectivity index (χ4v) is 2.67. The van der Waals surface area contributed by atoms with Crippen LogP contribution < -0.4 is 0 Å². The number of hydrogen-bond donors (Lipinski definition) is 1. The van der Waals surface area contributed by atoms with E-state index in [1.54, 1.807) is 13.0 Å². The summed E-state index contributed by atoms with van der Waals surface area (Å²) in [5.41, 5.74) is 0.0194. The van der Waals surface area contributed by atoms with Gasteiger partial charge in [0, 0.05) is 6.54 Å². The molecule has 106 valence electrons. The Morgan fingerprint density at radius 1 is 1.55 bits per heavy atom. The van der Waals surface area contributed by atoms with Crippen LogP contribution in [-0.4, -0.2) is 28.1 Å². The van der Waals surface area contributed by atoms with Crippen LogP contribution in [0.3, 0.4) is 0 Å². The standard InChI is InChI=1S/C15H17FN2O2/c1-15(14(19)20)6-2-3-7-18(15)10-11-4-5-13(16)8-12(11)9-17/h4-5,8H,2-3,6-7,10H2,1H3,(H,19,20). The molecule has 1 aromatic carbocycles. The number of rotatable bonds is 3. The van der Waals surface area contributed by atoms with E-state index in [1.165, 1.54) is 12.1 Å². The summed E-state index contributed by atoms with van der Waals surface area (Å²) >= 11 is 0. The van der Waals surface area contributed by atoms with Gasteiger partial charge in [-0.25, -0.2) is 4.39 Å². The number of carboxylic acid groups (broad SMARTS) is 1. The molecule has 0 aromatic heterocycles. The van der Waals surface area contributed by atoms with Crippen molar-refractivity contribution in [2.24, 2.45) is 0 Å². The third kappa shape index (κ3) is 2.66. The molecule has 1 unspecified atom stereocenters. The predicted octanol–water partition coefficient (Wildman–Crippen LogP) is 2.53. The Morgan fingerprint density at radius 2 is 2.30 bits per heavy atom. The molecule has 2 rings (SSSR count). The fourth-order valence-electron chi connectivity index (χ4n) is 2.67. The van der Waals surface area contributed by atoms with Crippen molar-refractivity contribution in [3.05, 3.63) is 35.1 Å². The Morgan fingerprint density at radius 3 is 2.95 bits per heavy atom. The highest BCUT2D eigenvalue weighted by atomic mass is 19.1. The van der Waals surface area contributed by atoms with E-state index < -0.39 is 17.3 Å². The maximum Gasteiger partial charge on any atom is 0.323 e. The Balaban J connectivity index is 2.28. The van der Waals surface area contributed by atoms with Crippen molar-refractivity contribution in [2.75, 3.05) is 6.54 Å². The van der Waals surface area contributed by atoms with Crippen molar-refractivity contribution in [3.63, 3.8) is 0 Å². The molecule has 0 amide bonds.